The zero-order chi connectivity index (χ0) is 14.3. The van der Waals surface area contributed by atoms with Gasteiger partial charge in [0.1, 0.15) is 11.6 Å². The maximum Gasteiger partial charge on any atom is 0.227 e. The van der Waals surface area contributed by atoms with Gasteiger partial charge in [0.2, 0.25) is 5.91 Å². The fraction of sp³-hybridized carbons (Fsp3) is 0.533. The van der Waals surface area contributed by atoms with Crippen LogP contribution in [0.1, 0.15) is 31.2 Å². The highest BCUT2D eigenvalue weighted by Gasteiger charge is 2.42. The molecule has 2 saturated heterocycles. The van der Waals surface area contributed by atoms with Crippen molar-refractivity contribution in [2.75, 3.05) is 0 Å². The maximum atomic E-state index is 13.6. The van der Waals surface area contributed by atoms with E-state index in [2.05, 4.69) is 0 Å². The topological polar surface area (TPSA) is 20.3 Å². The van der Waals surface area contributed by atoms with Crippen molar-refractivity contribution in [2.45, 2.75) is 49.6 Å². The molecule has 2 bridgehead atoms. The molecule has 0 aliphatic carbocycles. The van der Waals surface area contributed by atoms with E-state index in [0.29, 0.717) is 0 Å². The first-order valence-electron chi connectivity index (χ1n) is 6.93. The first kappa shape index (κ1) is 13.8. The minimum Gasteiger partial charge on any atom is -0.336 e. The van der Waals surface area contributed by atoms with Crippen molar-refractivity contribution in [3.05, 3.63) is 35.4 Å². The van der Waals surface area contributed by atoms with E-state index in [4.69, 9.17) is 11.6 Å². The Morgan fingerprint density at radius 2 is 1.90 bits per heavy atom. The Kier molecular flexibility index (Phi) is 3.67. The van der Waals surface area contributed by atoms with Crippen molar-refractivity contribution in [1.29, 1.82) is 0 Å². The number of hydrogen-bond donors (Lipinski definition) is 0. The summed E-state index contributed by atoms with van der Waals surface area (Å²) in [5.41, 5.74) is 0.254. The molecular weight excluding hydrogens is 284 g/mol. The van der Waals surface area contributed by atoms with Gasteiger partial charge in [-0.15, -0.1) is 11.6 Å². The van der Waals surface area contributed by atoms with E-state index >= 15 is 0 Å². The SMILES string of the molecule is O=C(Cc1ccc(F)cc1F)N1C2CCC1CC(Cl)C2. The summed E-state index contributed by atoms with van der Waals surface area (Å²) in [6.45, 7) is 0. The minimum absolute atomic E-state index is 0.00787. The van der Waals surface area contributed by atoms with Gasteiger partial charge in [-0.05, 0) is 37.3 Å². The number of amides is 1. The lowest BCUT2D eigenvalue weighted by molar-refractivity contribution is -0.134. The van der Waals surface area contributed by atoms with Gasteiger partial charge in [0, 0.05) is 23.5 Å². The summed E-state index contributed by atoms with van der Waals surface area (Å²) in [6.07, 6.45) is 3.58. The molecule has 5 heteroatoms. The van der Waals surface area contributed by atoms with Gasteiger partial charge >= 0.3 is 0 Å². The highest BCUT2D eigenvalue weighted by molar-refractivity contribution is 6.20. The zero-order valence-corrected chi connectivity index (χ0v) is 11.7. The third-order valence-electron chi connectivity index (χ3n) is 4.32. The Bertz CT molecular complexity index is 523. The Hall–Kier alpha value is -1.16. The number of nitrogens with zero attached hydrogens (tertiary/aromatic N) is 1. The first-order chi connectivity index (χ1) is 9.54. The Morgan fingerprint density at radius 3 is 2.50 bits per heavy atom. The van der Waals surface area contributed by atoms with Crippen molar-refractivity contribution in [3.8, 4) is 0 Å². The number of benzene rings is 1. The number of rotatable bonds is 2. The Labute approximate surface area is 121 Å². The van der Waals surface area contributed by atoms with Crippen LogP contribution in [0.5, 0.6) is 0 Å². The lowest BCUT2D eigenvalue weighted by atomic mass is 10.0. The Balaban J connectivity index is 1.74. The van der Waals surface area contributed by atoms with Crippen molar-refractivity contribution in [1.82, 2.24) is 4.90 Å². The predicted molar refractivity (Wildman–Crippen MR) is 72.6 cm³/mol. The minimum atomic E-state index is -0.655. The quantitative estimate of drug-likeness (QED) is 0.768. The van der Waals surface area contributed by atoms with Gasteiger partial charge in [0.05, 0.1) is 6.42 Å². The van der Waals surface area contributed by atoms with Crippen LogP contribution in [-0.2, 0) is 11.2 Å². The molecule has 1 aromatic carbocycles. The molecular formula is C15H16ClF2NO. The zero-order valence-electron chi connectivity index (χ0n) is 11.0. The van der Waals surface area contributed by atoms with Crippen LogP contribution < -0.4 is 0 Å². The van der Waals surface area contributed by atoms with Gasteiger partial charge in [-0.1, -0.05) is 6.07 Å². The molecule has 2 aliphatic heterocycles. The third kappa shape index (κ3) is 2.53. The number of carbonyl (C=O) groups is 1. The van der Waals surface area contributed by atoms with Gasteiger partial charge in [0.25, 0.3) is 0 Å². The van der Waals surface area contributed by atoms with Crippen LogP contribution in [0.15, 0.2) is 18.2 Å². The van der Waals surface area contributed by atoms with E-state index in [0.717, 1.165) is 31.7 Å². The van der Waals surface area contributed by atoms with Crippen LogP contribution in [0.2, 0.25) is 0 Å². The molecule has 2 fully saturated rings. The fourth-order valence-corrected chi connectivity index (χ4v) is 3.85. The summed E-state index contributed by atoms with van der Waals surface area (Å²) in [6, 6.07) is 3.73. The van der Waals surface area contributed by atoms with Crippen molar-refractivity contribution in [2.24, 2.45) is 0 Å². The molecule has 3 rings (SSSR count). The molecule has 0 saturated carbocycles. The van der Waals surface area contributed by atoms with Gasteiger partial charge in [-0.25, -0.2) is 8.78 Å². The summed E-state index contributed by atoms with van der Waals surface area (Å²) in [7, 11) is 0. The van der Waals surface area contributed by atoms with Crippen LogP contribution in [0.3, 0.4) is 0 Å². The molecule has 1 aromatic rings. The normalized spacial score (nSPS) is 28.8. The molecule has 0 radical (unpaired) electrons. The lowest BCUT2D eigenvalue weighted by Gasteiger charge is -2.37. The number of alkyl halides is 1. The lowest BCUT2D eigenvalue weighted by Crippen LogP contribution is -2.47. The largest absolute Gasteiger partial charge is 0.336 e. The van der Waals surface area contributed by atoms with Gasteiger partial charge in [0.15, 0.2) is 0 Å². The highest BCUT2D eigenvalue weighted by atomic mass is 35.5. The molecule has 2 aliphatic rings. The van der Waals surface area contributed by atoms with Crippen LogP contribution in [-0.4, -0.2) is 28.3 Å². The molecule has 20 heavy (non-hydrogen) atoms. The average Bonchev–Trinajstić information content (AvgIpc) is 2.65. The number of halogens is 3. The molecule has 0 N–H and O–H groups in total. The maximum absolute atomic E-state index is 13.6. The second-order valence-electron chi connectivity index (χ2n) is 5.67. The second-order valence-corrected chi connectivity index (χ2v) is 6.28. The van der Waals surface area contributed by atoms with E-state index < -0.39 is 11.6 Å². The third-order valence-corrected chi connectivity index (χ3v) is 4.68. The molecule has 0 spiro atoms. The van der Waals surface area contributed by atoms with E-state index in [9.17, 15) is 13.6 Å². The number of fused-ring (bicyclic) bond motifs is 2. The molecule has 2 nitrogen and oxygen atoms in total. The van der Waals surface area contributed by atoms with Crippen LogP contribution in [0.4, 0.5) is 8.78 Å². The molecule has 1 amide bonds. The summed E-state index contributed by atoms with van der Waals surface area (Å²) in [5, 5.41) is 0.138. The monoisotopic (exact) mass is 299 g/mol. The average molecular weight is 300 g/mol. The van der Waals surface area contributed by atoms with Gasteiger partial charge in [-0.2, -0.15) is 0 Å². The van der Waals surface area contributed by atoms with Crippen LogP contribution >= 0.6 is 11.6 Å². The van der Waals surface area contributed by atoms with E-state index in [1.54, 1.807) is 0 Å². The fourth-order valence-electron chi connectivity index (χ4n) is 3.44. The van der Waals surface area contributed by atoms with E-state index in [1.807, 2.05) is 4.90 Å². The smallest absolute Gasteiger partial charge is 0.227 e. The summed E-state index contributed by atoms with van der Waals surface area (Å²) in [5.74, 6) is -1.36. The second kappa shape index (κ2) is 5.32. The van der Waals surface area contributed by atoms with Crippen molar-refractivity contribution in [3.63, 3.8) is 0 Å². The standard InChI is InChI=1S/C15H16ClF2NO/c16-10-6-12-3-4-13(7-10)19(12)15(20)5-9-1-2-11(17)8-14(9)18/h1-2,8,10,12-13H,3-7H2. The molecule has 108 valence electrons. The Morgan fingerprint density at radius 1 is 1.25 bits per heavy atom. The molecule has 2 heterocycles. The summed E-state index contributed by atoms with van der Waals surface area (Å²) >= 11 is 6.18. The van der Waals surface area contributed by atoms with Gasteiger partial charge in [-0.3, -0.25) is 4.79 Å². The summed E-state index contributed by atoms with van der Waals surface area (Å²) < 4.78 is 26.5. The number of carbonyl (C=O) groups excluding carboxylic acids is 1. The molecule has 2 unspecified atom stereocenters. The van der Waals surface area contributed by atoms with Crippen molar-refractivity contribution < 1.29 is 13.6 Å². The number of piperidine rings is 1. The number of hydrogen-bond acceptors (Lipinski definition) is 1. The van der Waals surface area contributed by atoms with Gasteiger partial charge < -0.3 is 4.90 Å². The van der Waals surface area contributed by atoms with E-state index in [1.165, 1.54) is 12.1 Å². The van der Waals surface area contributed by atoms with E-state index in [-0.39, 0.29) is 35.4 Å². The first-order valence-corrected chi connectivity index (χ1v) is 7.37. The highest BCUT2D eigenvalue weighted by Crippen LogP contribution is 2.38. The van der Waals surface area contributed by atoms with Crippen LogP contribution in [0.25, 0.3) is 0 Å². The predicted octanol–water partition coefficient (Wildman–Crippen LogP) is 3.27. The summed E-state index contributed by atoms with van der Waals surface area (Å²) in [4.78, 5) is 14.3. The van der Waals surface area contributed by atoms with Crippen molar-refractivity contribution >= 4 is 17.5 Å². The molecule has 2 atom stereocenters. The molecule has 0 aromatic heterocycles. The van der Waals surface area contributed by atoms with Crippen LogP contribution in [0, 0.1) is 11.6 Å².